The molecule has 0 fully saturated rings. The van der Waals surface area contributed by atoms with Crippen LogP contribution in [0.4, 0.5) is 45.5 Å². The lowest BCUT2D eigenvalue weighted by Crippen LogP contribution is -2.31. The van der Waals surface area contributed by atoms with Gasteiger partial charge in [0, 0.05) is 80.8 Å². The van der Waals surface area contributed by atoms with Gasteiger partial charge >= 0.3 is 11.9 Å². The molecule has 0 radical (unpaired) electrons. The second kappa shape index (κ2) is 24.7. The lowest BCUT2D eigenvalue weighted by atomic mass is 10.2. The number of benzene rings is 4. The van der Waals surface area contributed by atoms with Crippen molar-refractivity contribution in [2.75, 3.05) is 62.3 Å². The molecular formula is C44H46Cl2N10O8. The molecule has 4 aromatic carbocycles. The number of carbonyl (C=O) groups is 2. The van der Waals surface area contributed by atoms with Crippen molar-refractivity contribution in [1.82, 2.24) is 9.88 Å². The highest BCUT2D eigenvalue weighted by Crippen LogP contribution is 2.32. The number of hydrogen-bond donors (Lipinski definition) is 0. The summed E-state index contributed by atoms with van der Waals surface area (Å²) in [6.45, 7) is 7.78. The van der Waals surface area contributed by atoms with Gasteiger partial charge in [0.1, 0.15) is 24.6 Å². The number of ether oxygens (including phenoxy) is 2. The smallest absolute Gasteiger partial charge is 0.307 e. The molecule has 0 N–H and O–H groups in total. The van der Waals surface area contributed by atoms with Crippen molar-refractivity contribution in [2.24, 2.45) is 20.5 Å². The van der Waals surface area contributed by atoms with Crippen LogP contribution in [-0.4, -0.2) is 84.2 Å². The van der Waals surface area contributed by atoms with Crippen LogP contribution in [0.25, 0.3) is 0 Å². The van der Waals surface area contributed by atoms with E-state index in [4.69, 9.17) is 32.7 Å². The summed E-state index contributed by atoms with van der Waals surface area (Å²) in [5, 5.41) is 38.8. The Labute approximate surface area is 379 Å². The average molecular weight is 914 g/mol. The van der Waals surface area contributed by atoms with Gasteiger partial charge in [-0.15, -0.1) is 10.2 Å². The largest absolute Gasteiger partial charge is 0.464 e. The molecule has 5 rings (SSSR count). The number of anilines is 2. The van der Waals surface area contributed by atoms with Crippen molar-refractivity contribution in [1.29, 1.82) is 0 Å². The highest BCUT2D eigenvalue weighted by molar-refractivity contribution is 6.33. The monoisotopic (exact) mass is 912 g/mol. The Morgan fingerprint density at radius 2 is 1.09 bits per heavy atom. The Kier molecular flexibility index (Phi) is 18.6. The van der Waals surface area contributed by atoms with E-state index in [1.807, 2.05) is 55.1 Å². The normalized spacial score (nSPS) is 11.3. The van der Waals surface area contributed by atoms with Crippen LogP contribution in [0.15, 0.2) is 130 Å². The molecule has 1 aromatic heterocycles. The SMILES string of the molecule is CCN(CCOC(=O)CCN(CCC(=O)OCCN(CC)c1ccc(/N=N/c2ccc([N+](=O)[O-])cc2Cl)cc1)Cc1cccnc1)c1ccc(/N=N/c2ccc([N+](=O)[O-])cc2Cl)cc1. The molecule has 0 aliphatic carbocycles. The molecule has 0 saturated heterocycles. The molecule has 0 unspecified atom stereocenters. The maximum atomic E-state index is 12.9. The quantitative estimate of drug-likeness (QED) is 0.0245. The van der Waals surface area contributed by atoms with Gasteiger partial charge in [-0.05, 0) is 86.1 Å². The van der Waals surface area contributed by atoms with Gasteiger partial charge in [0.2, 0.25) is 0 Å². The van der Waals surface area contributed by atoms with E-state index in [1.165, 1.54) is 36.4 Å². The fourth-order valence-electron chi connectivity index (χ4n) is 6.21. The number of pyridine rings is 1. The molecule has 334 valence electrons. The predicted octanol–water partition coefficient (Wildman–Crippen LogP) is 10.8. The minimum Gasteiger partial charge on any atom is -0.464 e. The number of nitro groups is 2. The van der Waals surface area contributed by atoms with Crippen LogP contribution < -0.4 is 9.80 Å². The van der Waals surface area contributed by atoms with Crippen LogP contribution in [0.1, 0.15) is 32.3 Å². The van der Waals surface area contributed by atoms with Gasteiger partial charge in [-0.2, -0.15) is 10.2 Å². The van der Waals surface area contributed by atoms with Gasteiger partial charge in [-0.1, -0.05) is 29.3 Å². The summed E-state index contributed by atoms with van der Waals surface area (Å²) in [6.07, 6.45) is 3.67. The number of esters is 2. The first-order chi connectivity index (χ1) is 30.9. The molecule has 0 spiro atoms. The zero-order valence-corrected chi connectivity index (χ0v) is 36.7. The minimum atomic E-state index is -0.534. The summed E-state index contributed by atoms with van der Waals surface area (Å²) < 4.78 is 11.2. The summed E-state index contributed by atoms with van der Waals surface area (Å²) in [6, 6.07) is 26.3. The molecule has 0 bridgehead atoms. The molecule has 18 nitrogen and oxygen atoms in total. The first-order valence-electron chi connectivity index (χ1n) is 20.3. The average Bonchev–Trinajstić information content (AvgIpc) is 3.30. The number of hydrogen-bond acceptors (Lipinski definition) is 16. The van der Waals surface area contributed by atoms with Crippen molar-refractivity contribution in [2.45, 2.75) is 33.2 Å². The highest BCUT2D eigenvalue weighted by Gasteiger charge is 2.16. The molecule has 0 amide bonds. The van der Waals surface area contributed by atoms with Gasteiger partial charge in [-0.3, -0.25) is 39.7 Å². The van der Waals surface area contributed by atoms with E-state index in [0.717, 1.165) is 16.9 Å². The topological polar surface area (TPSA) is 211 Å². The van der Waals surface area contributed by atoms with Crippen molar-refractivity contribution in [3.05, 3.63) is 145 Å². The Hall–Kier alpha value is -6.89. The Morgan fingerprint density at radius 3 is 1.47 bits per heavy atom. The fraction of sp³-hybridized carbons (Fsp3) is 0.295. The van der Waals surface area contributed by atoms with E-state index >= 15 is 0 Å². The highest BCUT2D eigenvalue weighted by atomic mass is 35.5. The molecule has 1 heterocycles. The summed E-state index contributed by atoms with van der Waals surface area (Å²) in [7, 11) is 0. The number of rotatable bonds is 24. The molecule has 5 aromatic rings. The molecule has 0 atom stereocenters. The Balaban J connectivity index is 1.04. The van der Waals surface area contributed by atoms with Crippen molar-refractivity contribution < 1.29 is 28.9 Å². The first-order valence-corrected chi connectivity index (χ1v) is 21.0. The lowest BCUT2D eigenvalue weighted by molar-refractivity contribution is -0.385. The van der Waals surface area contributed by atoms with E-state index in [0.29, 0.717) is 68.6 Å². The van der Waals surface area contributed by atoms with Crippen molar-refractivity contribution in [3.63, 3.8) is 0 Å². The third-order valence-corrected chi connectivity index (χ3v) is 10.3. The van der Waals surface area contributed by atoms with Gasteiger partial charge < -0.3 is 19.3 Å². The molecule has 0 aliphatic rings. The summed E-state index contributed by atoms with van der Waals surface area (Å²) in [5.41, 5.74) is 4.19. The number of nitro benzene ring substituents is 2. The van der Waals surface area contributed by atoms with Crippen LogP contribution >= 0.6 is 23.2 Å². The Bertz CT molecular complexity index is 2260. The van der Waals surface area contributed by atoms with Crippen LogP contribution in [0, 0.1) is 20.2 Å². The maximum absolute atomic E-state index is 12.9. The molecule has 20 heteroatoms. The molecule has 0 aliphatic heterocycles. The third kappa shape index (κ3) is 15.2. The Morgan fingerprint density at radius 1 is 0.641 bits per heavy atom. The van der Waals surface area contributed by atoms with Crippen molar-refractivity contribution in [3.8, 4) is 0 Å². The second-order valence-corrected chi connectivity index (χ2v) is 14.8. The number of likely N-dealkylation sites (N-methyl/N-ethyl adjacent to an activating group) is 2. The lowest BCUT2D eigenvalue weighted by Gasteiger charge is -2.24. The third-order valence-electron chi connectivity index (χ3n) is 9.67. The fourth-order valence-corrected chi connectivity index (χ4v) is 6.63. The zero-order valence-electron chi connectivity index (χ0n) is 35.2. The first kappa shape index (κ1) is 48.1. The number of aromatic nitrogens is 1. The summed E-state index contributed by atoms with van der Waals surface area (Å²) >= 11 is 12.2. The van der Waals surface area contributed by atoms with Gasteiger partial charge in [0.25, 0.3) is 11.4 Å². The zero-order chi connectivity index (χ0) is 45.8. The summed E-state index contributed by atoms with van der Waals surface area (Å²) in [4.78, 5) is 56.9. The van der Waals surface area contributed by atoms with E-state index in [9.17, 15) is 29.8 Å². The van der Waals surface area contributed by atoms with Crippen LogP contribution in [0.5, 0.6) is 0 Å². The molecule has 64 heavy (non-hydrogen) atoms. The van der Waals surface area contributed by atoms with Crippen LogP contribution in [0.2, 0.25) is 10.0 Å². The minimum absolute atomic E-state index is 0.121. The number of non-ortho nitro benzene ring substituents is 2. The van der Waals surface area contributed by atoms with Crippen LogP contribution in [-0.2, 0) is 25.6 Å². The molecule has 0 saturated carbocycles. The van der Waals surface area contributed by atoms with E-state index in [-0.39, 0.29) is 59.4 Å². The van der Waals surface area contributed by atoms with Crippen LogP contribution in [0.3, 0.4) is 0 Å². The van der Waals surface area contributed by atoms with E-state index in [1.54, 1.807) is 36.7 Å². The van der Waals surface area contributed by atoms with Crippen molar-refractivity contribution >= 4 is 80.6 Å². The molecular weight excluding hydrogens is 867 g/mol. The number of azo groups is 2. The number of nitrogens with zero attached hydrogens (tertiary/aromatic N) is 10. The number of halogens is 2. The van der Waals surface area contributed by atoms with Gasteiger partial charge in [-0.25, -0.2) is 0 Å². The van der Waals surface area contributed by atoms with E-state index < -0.39 is 9.85 Å². The maximum Gasteiger partial charge on any atom is 0.307 e. The number of carbonyl (C=O) groups excluding carboxylic acids is 2. The predicted molar refractivity (Wildman–Crippen MR) is 244 cm³/mol. The van der Waals surface area contributed by atoms with Gasteiger partial charge in [0.05, 0.1) is 57.2 Å². The van der Waals surface area contributed by atoms with E-state index in [2.05, 4.69) is 35.2 Å². The standard InChI is InChI=1S/C44H46Cl2N10O8/c1-3-53(35-11-7-33(8-12-35)48-50-41-17-15-37(55(59)60)28-39(41)45)24-26-63-43(57)19-22-52(31-32-6-5-21-47-30-32)23-20-44(58)64-27-25-54(4-2)36-13-9-34(10-14-36)49-51-42-18-16-38(56(61)62)29-40(42)46/h5-18,21,28-30H,3-4,19-20,22-27,31H2,1-2H3/b50-48+,51-49+. The summed E-state index contributed by atoms with van der Waals surface area (Å²) in [5.74, 6) is -0.722. The second-order valence-electron chi connectivity index (χ2n) is 14.0. The van der Waals surface area contributed by atoms with Gasteiger partial charge in [0.15, 0.2) is 0 Å².